The fourth-order valence-electron chi connectivity index (χ4n) is 8.19. The van der Waals surface area contributed by atoms with E-state index in [4.69, 9.17) is 17.7 Å². The van der Waals surface area contributed by atoms with Crippen LogP contribution in [0.2, 0.25) is 76.6 Å². The van der Waals surface area contributed by atoms with Gasteiger partial charge in [-0.2, -0.15) is 0 Å². The van der Waals surface area contributed by atoms with Gasteiger partial charge in [-0.3, -0.25) is 0 Å². The number of hydrogen-bond donors (Lipinski definition) is 0. The lowest BCUT2D eigenvalue weighted by atomic mass is 9.88. The quantitative estimate of drug-likeness (QED) is 0.110. The Morgan fingerprint density at radius 2 is 0.951 bits per heavy atom. The summed E-state index contributed by atoms with van der Waals surface area (Å²) in [7, 11) is -6.95. The van der Waals surface area contributed by atoms with Gasteiger partial charge in [0, 0.05) is 0 Å². The second-order valence-corrected chi connectivity index (χ2v) is 34.9. The molecule has 4 aliphatic rings. The zero-order chi connectivity index (χ0) is 30.1. The highest BCUT2D eigenvalue weighted by atomic mass is 28.4. The fourth-order valence-corrected chi connectivity index (χ4v) is 26.1. The molecule has 2 heterocycles. The summed E-state index contributed by atoms with van der Waals surface area (Å²) < 4.78 is 40.9. The molecule has 4 rings (SSSR count). The molecule has 2 aliphatic carbocycles. The normalized spacial score (nSPS) is 31.8. The number of ether oxygens (including phenoxy) is 2. The smallest absolute Gasteiger partial charge is 0.173 e. The predicted octanol–water partition coefficient (Wildman–Crippen LogP) is 10.0. The molecule has 2 saturated heterocycles. The van der Waals surface area contributed by atoms with Crippen LogP contribution in [0.4, 0.5) is 4.39 Å². The fraction of sp³-hybridized carbons (Fsp3) is 1.00. The van der Waals surface area contributed by atoms with Crippen LogP contribution in [0.5, 0.6) is 0 Å². The van der Waals surface area contributed by atoms with Crippen LogP contribution in [0, 0.1) is 11.8 Å². The van der Waals surface area contributed by atoms with Gasteiger partial charge < -0.3 is 17.7 Å². The predicted molar refractivity (Wildman–Crippen MR) is 181 cm³/mol. The highest BCUT2D eigenvalue weighted by Gasteiger charge is 2.45. The summed E-state index contributed by atoms with van der Waals surface area (Å²) in [5.41, 5.74) is -1.08. The molecule has 41 heavy (non-hydrogen) atoms. The van der Waals surface area contributed by atoms with Crippen molar-refractivity contribution >= 4 is 33.3 Å². The minimum atomic E-state index is -1.79. The summed E-state index contributed by atoms with van der Waals surface area (Å²) in [5, 5.41) is 0. The Hall–Kier alpha value is 0.638. The molecule has 6 atom stereocenters. The van der Waals surface area contributed by atoms with Crippen molar-refractivity contribution in [3.63, 3.8) is 0 Å². The minimum Gasteiger partial charge on any atom is -0.455 e. The molecule has 240 valence electrons. The van der Waals surface area contributed by atoms with Crippen molar-refractivity contribution in [3.05, 3.63) is 0 Å². The van der Waals surface area contributed by atoms with Crippen LogP contribution in [0.1, 0.15) is 84.0 Å². The molecule has 2 saturated carbocycles. The van der Waals surface area contributed by atoms with Crippen molar-refractivity contribution in [3.8, 4) is 0 Å². The van der Waals surface area contributed by atoms with Gasteiger partial charge in [-0.1, -0.05) is 25.7 Å². The molecule has 0 aromatic carbocycles. The molecule has 0 amide bonds. The van der Waals surface area contributed by atoms with E-state index < -0.39 is 38.9 Å². The molecule has 4 fully saturated rings. The van der Waals surface area contributed by atoms with Crippen LogP contribution in [0.15, 0.2) is 0 Å². The summed E-state index contributed by atoms with van der Waals surface area (Å²) in [6.07, 6.45) is 15.9. The molecule has 6 unspecified atom stereocenters. The molecule has 0 aromatic heterocycles. The first-order valence-corrected chi connectivity index (χ1v) is 29.8. The number of hydrogen-bond acceptors (Lipinski definition) is 4. The Labute approximate surface area is 257 Å². The van der Waals surface area contributed by atoms with Crippen molar-refractivity contribution in [1.29, 1.82) is 0 Å². The summed E-state index contributed by atoms with van der Waals surface area (Å²) in [6.45, 7) is 20.9. The first kappa shape index (κ1) is 34.5. The van der Waals surface area contributed by atoms with E-state index in [0.29, 0.717) is 37.3 Å². The maximum absolute atomic E-state index is 15.6. The van der Waals surface area contributed by atoms with Crippen molar-refractivity contribution in [2.24, 2.45) is 11.8 Å². The molecular weight excluding hydrogens is 580 g/mol. The molecule has 0 N–H and O–H groups in total. The van der Waals surface area contributed by atoms with Gasteiger partial charge in [0.15, 0.2) is 33.3 Å². The number of fused-ring (bicyclic) bond motifs is 2. The average molecular weight is 645 g/mol. The van der Waals surface area contributed by atoms with E-state index in [2.05, 4.69) is 52.4 Å². The van der Waals surface area contributed by atoms with Gasteiger partial charge in [0.1, 0.15) is 5.67 Å². The van der Waals surface area contributed by atoms with Gasteiger partial charge in [-0.05, 0) is 147 Å². The third-order valence-electron chi connectivity index (χ3n) is 10.6. The molecule has 0 radical (unpaired) electrons. The van der Waals surface area contributed by atoms with Gasteiger partial charge in [-0.15, -0.1) is 0 Å². The highest BCUT2D eigenvalue weighted by Crippen LogP contribution is 2.43. The van der Waals surface area contributed by atoms with E-state index in [1.54, 1.807) is 0 Å². The Kier molecular flexibility index (Phi) is 11.4. The maximum Gasteiger partial charge on any atom is 0.173 e. The highest BCUT2D eigenvalue weighted by molar-refractivity contribution is 6.85. The Bertz CT molecular complexity index is 786. The van der Waals surface area contributed by atoms with E-state index in [0.717, 1.165) is 36.8 Å². The van der Waals surface area contributed by atoms with E-state index in [-0.39, 0.29) is 0 Å². The van der Waals surface area contributed by atoms with Crippen molar-refractivity contribution < 1.29 is 22.1 Å². The second kappa shape index (κ2) is 13.6. The van der Waals surface area contributed by atoms with E-state index >= 15 is 4.39 Å². The van der Waals surface area contributed by atoms with Gasteiger partial charge in [0.25, 0.3) is 0 Å². The lowest BCUT2D eigenvalue weighted by Crippen LogP contribution is -2.44. The Balaban J connectivity index is 1.09. The molecule has 4 nitrogen and oxygen atoms in total. The summed E-state index contributed by atoms with van der Waals surface area (Å²) in [4.78, 5) is 0. The molecule has 0 bridgehead atoms. The number of alkyl halides is 1. The van der Waals surface area contributed by atoms with Crippen LogP contribution < -0.4 is 0 Å². The Morgan fingerprint density at radius 1 is 0.585 bits per heavy atom. The molecule has 9 heteroatoms. The summed E-state index contributed by atoms with van der Waals surface area (Å²) in [6, 6.07) is 4.65. The summed E-state index contributed by atoms with van der Waals surface area (Å²) >= 11 is 0. The van der Waals surface area contributed by atoms with Gasteiger partial charge >= 0.3 is 0 Å². The largest absolute Gasteiger partial charge is 0.455 e. The van der Waals surface area contributed by atoms with Crippen LogP contribution in [-0.2, 0) is 17.7 Å². The molecule has 2 aliphatic heterocycles. The lowest BCUT2D eigenvalue weighted by molar-refractivity contribution is 0.158. The second-order valence-electron chi connectivity index (χ2n) is 17.2. The minimum absolute atomic E-state index is 0.576. The van der Waals surface area contributed by atoms with Crippen molar-refractivity contribution in [2.75, 3.05) is 0 Å². The van der Waals surface area contributed by atoms with Gasteiger partial charge in [0.2, 0.25) is 0 Å². The molecule has 0 aromatic rings. The van der Waals surface area contributed by atoms with E-state index in [1.165, 1.54) is 63.5 Å². The van der Waals surface area contributed by atoms with E-state index in [9.17, 15) is 0 Å². The standard InChI is InChI=1S/C32H65FO4Si4/c1-32(33,18-10-20-38(2,3)36-40(6,7)22-16-26-12-14-28-30(24-26)34-28)19-11-21-39(4,5)37-41(8,9)23-17-27-13-15-29-31(25-27)35-29/h26-31H,10-25H2,1-9H3. The monoisotopic (exact) mass is 644 g/mol. The number of epoxide rings is 2. The Morgan fingerprint density at radius 3 is 1.32 bits per heavy atom. The first-order chi connectivity index (χ1) is 18.9. The maximum atomic E-state index is 15.6. The van der Waals surface area contributed by atoms with Crippen LogP contribution in [0.25, 0.3) is 0 Å². The van der Waals surface area contributed by atoms with Crippen molar-refractivity contribution in [1.82, 2.24) is 0 Å². The third-order valence-corrected chi connectivity index (χ3v) is 25.5. The third kappa shape index (κ3) is 12.2. The number of rotatable bonds is 18. The van der Waals surface area contributed by atoms with E-state index in [1.807, 2.05) is 6.92 Å². The van der Waals surface area contributed by atoms with Crippen molar-refractivity contribution in [2.45, 2.75) is 191 Å². The number of halogens is 1. The SMILES string of the molecule is CC(F)(CCC[Si](C)(C)O[Si](C)(C)CCC1CCC2OC2C1)CCC[Si](C)(C)O[Si](C)(C)CCC1CCC2OC2C1. The first-order valence-electron chi connectivity index (χ1n) is 17.3. The zero-order valence-electron chi connectivity index (χ0n) is 28.3. The van der Waals surface area contributed by atoms with Crippen LogP contribution in [0.3, 0.4) is 0 Å². The van der Waals surface area contributed by atoms with Crippen LogP contribution >= 0.6 is 0 Å². The van der Waals surface area contributed by atoms with Crippen LogP contribution in [-0.4, -0.2) is 63.4 Å². The zero-order valence-corrected chi connectivity index (χ0v) is 32.3. The lowest BCUT2D eigenvalue weighted by Gasteiger charge is -2.36. The molecular formula is C32H65FO4Si4. The molecule has 0 spiro atoms. The topological polar surface area (TPSA) is 43.5 Å². The van der Waals surface area contributed by atoms with Gasteiger partial charge in [-0.25, -0.2) is 4.39 Å². The summed E-state index contributed by atoms with van der Waals surface area (Å²) in [5.74, 6) is 1.67. The average Bonchev–Trinajstić information content (AvgIpc) is 3.74. The van der Waals surface area contributed by atoms with Gasteiger partial charge in [0.05, 0.1) is 24.4 Å².